The third-order valence-corrected chi connectivity index (χ3v) is 4.26. The van der Waals surface area contributed by atoms with Gasteiger partial charge in [-0.1, -0.05) is 29.8 Å². The van der Waals surface area contributed by atoms with Crippen LogP contribution < -0.4 is 28.5 Å². The second-order valence-corrected chi connectivity index (χ2v) is 5.69. The van der Waals surface area contributed by atoms with Crippen LogP contribution in [0.25, 0.3) is 16.7 Å². The highest BCUT2D eigenvalue weighted by atomic mass is 127. The molecule has 0 bridgehead atoms. The number of aromatic nitrogens is 2. The monoisotopic (exact) mass is 466 g/mol. The quantitative estimate of drug-likeness (QED) is 0.403. The molecule has 0 radical (unpaired) electrons. The summed E-state index contributed by atoms with van der Waals surface area (Å²) in [5, 5.41) is -0.289. The van der Waals surface area contributed by atoms with Gasteiger partial charge in [-0.2, -0.15) is 17.7 Å². The maximum absolute atomic E-state index is 13.1. The molecule has 7 heteroatoms. The fraction of sp³-hybridized carbons (Fsp3) is 0.235. The molecule has 0 spiro atoms. The van der Waals surface area contributed by atoms with Crippen molar-refractivity contribution < 1.29 is 41.7 Å². The van der Waals surface area contributed by atoms with Gasteiger partial charge < -0.3 is 24.0 Å². The molecule has 0 unspecified atom stereocenters. The Balaban J connectivity index is 0.00000208. The van der Waals surface area contributed by atoms with E-state index in [4.69, 9.17) is 11.6 Å². The van der Waals surface area contributed by atoms with E-state index in [1.54, 1.807) is 0 Å². The summed E-state index contributed by atoms with van der Waals surface area (Å²) in [4.78, 5) is 0. The molecule has 0 fully saturated rings. The molecule has 2 nitrogen and oxygen atoms in total. The lowest BCUT2D eigenvalue weighted by Crippen LogP contribution is -3.00. The van der Waals surface area contributed by atoms with Crippen molar-refractivity contribution in [2.45, 2.75) is 26.6 Å². The van der Waals surface area contributed by atoms with E-state index in [2.05, 4.69) is 0 Å². The van der Waals surface area contributed by atoms with E-state index in [-0.39, 0.29) is 29.0 Å². The normalized spacial score (nSPS) is 11.6. The molecule has 0 N–H and O–H groups in total. The number of fused-ring (bicyclic) bond motifs is 1. The number of para-hydroxylation sites is 1. The van der Waals surface area contributed by atoms with Crippen LogP contribution in [-0.2, 0) is 12.7 Å². The SMILES string of the molecule is CC[n+]1c(C)n(-c2ccccc2)c2cc(Cl)c(C(F)(F)F)cc21.[I-]. The van der Waals surface area contributed by atoms with Crippen LogP contribution in [0, 0.1) is 6.92 Å². The van der Waals surface area contributed by atoms with Crippen molar-refractivity contribution >= 4 is 22.6 Å². The van der Waals surface area contributed by atoms with E-state index in [9.17, 15) is 13.2 Å². The van der Waals surface area contributed by atoms with Crippen molar-refractivity contribution in [2.75, 3.05) is 0 Å². The third kappa shape index (κ3) is 3.13. The standard InChI is InChI=1S/C17H15ClF3N2.HI/c1-3-22-11(2)23(12-7-5-4-6-8-12)16-10-14(18)13(9-15(16)22)17(19,20)21;/h4-10H,3H2,1-2H3;1H/q+1;/p-1. The predicted octanol–water partition coefficient (Wildman–Crippen LogP) is 1.92. The molecule has 2 aromatic carbocycles. The van der Waals surface area contributed by atoms with Gasteiger partial charge in [-0.05, 0) is 19.1 Å². The van der Waals surface area contributed by atoms with E-state index >= 15 is 0 Å². The smallest absolute Gasteiger partial charge is 0.418 e. The number of hydrogen-bond donors (Lipinski definition) is 0. The second-order valence-electron chi connectivity index (χ2n) is 5.28. The van der Waals surface area contributed by atoms with E-state index in [0.29, 0.717) is 17.6 Å². The second kappa shape index (κ2) is 6.92. The van der Waals surface area contributed by atoms with Crippen LogP contribution >= 0.6 is 11.6 Å². The summed E-state index contributed by atoms with van der Waals surface area (Å²) >= 11 is 5.91. The summed E-state index contributed by atoms with van der Waals surface area (Å²) in [6.45, 7) is 4.36. The molecule has 128 valence electrons. The van der Waals surface area contributed by atoms with Crippen molar-refractivity contribution in [3.8, 4) is 5.69 Å². The number of nitrogens with zero attached hydrogens (tertiary/aromatic N) is 2. The van der Waals surface area contributed by atoms with E-state index in [1.165, 1.54) is 6.07 Å². The molecule has 0 saturated heterocycles. The number of benzene rings is 2. The van der Waals surface area contributed by atoms with Gasteiger partial charge >= 0.3 is 6.18 Å². The first-order valence-corrected chi connectivity index (χ1v) is 7.59. The highest BCUT2D eigenvalue weighted by Gasteiger charge is 2.36. The fourth-order valence-electron chi connectivity index (χ4n) is 2.94. The number of hydrogen-bond acceptors (Lipinski definition) is 0. The lowest BCUT2D eigenvalue weighted by Gasteiger charge is -2.08. The van der Waals surface area contributed by atoms with Gasteiger partial charge in [-0.25, -0.2) is 4.57 Å². The van der Waals surface area contributed by atoms with Crippen LogP contribution in [0.15, 0.2) is 42.5 Å². The van der Waals surface area contributed by atoms with Crippen molar-refractivity contribution in [1.82, 2.24) is 4.57 Å². The predicted molar refractivity (Wildman–Crippen MR) is 83.9 cm³/mol. The maximum atomic E-state index is 13.1. The van der Waals surface area contributed by atoms with E-state index < -0.39 is 11.7 Å². The summed E-state index contributed by atoms with van der Waals surface area (Å²) < 4.78 is 43.2. The van der Waals surface area contributed by atoms with Crippen molar-refractivity contribution in [3.05, 3.63) is 58.9 Å². The van der Waals surface area contributed by atoms with Crippen LogP contribution in [-0.4, -0.2) is 4.57 Å². The molecular formula is C17H15ClF3IN2. The van der Waals surface area contributed by atoms with E-state index in [0.717, 1.165) is 17.6 Å². The Kier molecular flexibility index (Phi) is 5.49. The molecule has 1 heterocycles. The van der Waals surface area contributed by atoms with Gasteiger partial charge in [0.2, 0.25) is 0 Å². The first-order chi connectivity index (χ1) is 10.8. The zero-order valence-corrected chi connectivity index (χ0v) is 15.9. The number of rotatable bonds is 2. The number of aryl methyl sites for hydroxylation is 1. The summed E-state index contributed by atoms with van der Waals surface area (Å²) in [6.07, 6.45) is -4.47. The Morgan fingerprint density at radius 3 is 2.29 bits per heavy atom. The minimum absolute atomic E-state index is 0. The topological polar surface area (TPSA) is 8.81 Å². The van der Waals surface area contributed by atoms with Crippen LogP contribution in [0.5, 0.6) is 0 Å². The van der Waals surface area contributed by atoms with Crippen LogP contribution in [0.2, 0.25) is 5.02 Å². The molecule has 0 amide bonds. The highest BCUT2D eigenvalue weighted by molar-refractivity contribution is 6.32. The number of alkyl halides is 3. The van der Waals surface area contributed by atoms with Gasteiger partial charge in [0.15, 0.2) is 11.0 Å². The fourth-order valence-corrected chi connectivity index (χ4v) is 3.20. The van der Waals surface area contributed by atoms with Crippen molar-refractivity contribution in [1.29, 1.82) is 0 Å². The Labute approximate surface area is 159 Å². The third-order valence-electron chi connectivity index (χ3n) is 3.95. The zero-order chi connectivity index (χ0) is 16.8. The minimum Gasteiger partial charge on any atom is -1.00 e. The molecule has 0 atom stereocenters. The molecule has 1 aromatic heterocycles. The average Bonchev–Trinajstić information content (AvgIpc) is 2.76. The maximum Gasteiger partial charge on any atom is 0.418 e. The molecule has 0 saturated carbocycles. The minimum atomic E-state index is -4.47. The largest absolute Gasteiger partial charge is 1.00 e. The zero-order valence-electron chi connectivity index (χ0n) is 13.0. The summed E-state index contributed by atoms with van der Waals surface area (Å²) in [5.41, 5.74) is 1.26. The molecule has 24 heavy (non-hydrogen) atoms. The molecule has 0 aliphatic heterocycles. The van der Waals surface area contributed by atoms with Crippen molar-refractivity contribution in [2.24, 2.45) is 0 Å². The first-order valence-electron chi connectivity index (χ1n) is 7.21. The van der Waals surface area contributed by atoms with Crippen LogP contribution in [0.1, 0.15) is 18.3 Å². The summed E-state index contributed by atoms with van der Waals surface area (Å²) in [5.74, 6) is 0.851. The van der Waals surface area contributed by atoms with Gasteiger partial charge in [0.05, 0.1) is 17.1 Å². The average molecular weight is 467 g/mol. The Morgan fingerprint density at radius 1 is 1.12 bits per heavy atom. The Morgan fingerprint density at radius 2 is 1.75 bits per heavy atom. The van der Waals surface area contributed by atoms with Crippen LogP contribution in [0.4, 0.5) is 13.2 Å². The Bertz CT molecular complexity index is 873. The first kappa shape index (κ1) is 19.1. The van der Waals surface area contributed by atoms with Crippen molar-refractivity contribution in [3.63, 3.8) is 0 Å². The number of halogens is 5. The molecule has 0 aliphatic rings. The molecule has 3 rings (SSSR count). The van der Waals surface area contributed by atoms with Gasteiger partial charge in [-0.15, -0.1) is 0 Å². The summed E-state index contributed by atoms with van der Waals surface area (Å²) in [7, 11) is 0. The molecular weight excluding hydrogens is 452 g/mol. The highest BCUT2D eigenvalue weighted by Crippen LogP contribution is 2.37. The molecule has 0 aliphatic carbocycles. The van der Waals surface area contributed by atoms with Crippen LogP contribution in [0.3, 0.4) is 0 Å². The lowest BCUT2D eigenvalue weighted by molar-refractivity contribution is -0.674. The van der Waals surface area contributed by atoms with Gasteiger partial charge in [0.25, 0.3) is 5.82 Å². The van der Waals surface area contributed by atoms with Gasteiger partial charge in [-0.3, -0.25) is 0 Å². The summed E-state index contributed by atoms with van der Waals surface area (Å²) in [6, 6.07) is 12.0. The van der Waals surface area contributed by atoms with E-state index in [1.807, 2.05) is 53.3 Å². The molecule has 3 aromatic rings. The lowest BCUT2D eigenvalue weighted by atomic mass is 10.2. The van der Waals surface area contributed by atoms with Gasteiger partial charge in [0.1, 0.15) is 5.69 Å². The van der Waals surface area contributed by atoms with Gasteiger partial charge in [0, 0.05) is 19.1 Å². The Hall–Kier alpha value is -1.28. The number of imidazole rings is 1.